The number of allylic oxidation sites excluding steroid dienone is 3. The molecular formula is C29H60MgN3OP2Si2-. The van der Waals surface area contributed by atoms with Crippen molar-refractivity contribution in [3.8, 4) is 0 Å². The van der Waals surface area contributed by atoms with E-state index in [0.29, 0.717) is 22.6 Å². The summed E-state index contributed by atoms with van der Waals surface area (Å²) in [7, 11) is -6.38. The van der Waals surface area contributed by atoms with Gasteiger partial charge in [-0.25, -0.2) is 7.04 Å². The topological polar surface area (TPSA) is 51.5 Å². The van der Waals surface area contributed by atoms with Crippen LogP contribution in [-0.4, -0.2) is 93.0 Å². The van der Waals surface area contributed by atoms with E-state index in [-0.39, 0.29) is 29.1 Å². The van der Waals surface area contributed by atoms with Crippen molar-refractivity contribution in [1.82, 2.24) is 0 Å². The van der Waals surface area contributed by atoms with Crippen molar-refractivity contribution in [2.24, 2.45) is 0 Å². The summed E-state index contributed by atoms with van der Waals surface area (Å²) in [6, 6.07) is 0.109. The molecule has 0 aromatic rings. The molecule has 1 saturated heterocycles. The van der Waals surface area contributed by atoms with Gasteiger partial charge in [0, 0.05) is 13.2 Å². The Morgan fingerprint density at radius 1 is 0.789 bits per heavy atom. The Bertz CT molecular complexity index is 850. The zero-order chi connectivity index (χ0) is 28.7. The molecule has 4 nitrogen and oxygen atoms in total. The van der Waals surface area contributed by atoms with Crippen molar-refractivity contribution >= 4 is 65.2 Å². The van der Waals surface area contributed by atoms with E-state index in [2.05, 4.69) is 124 Å². The SMILES string of the molecule is C1CCOC1.CC(C)P(=CC1=CC=CC(C=P([N-][Si](C)(C)C)(C(C)C)C(C)C)[N-]1)([N-][Si](C)(C)C)C(C)C.[Mg+2]. The summed E-state index contributed by atoms with van der Waals surface area (Å²) >= 11 is 0. The summed E-state index contributed by atoms with van der Waals surface area (Å²) in [5.41, 5.74) is 3.31. The molecule has 0 saturated carbocycles. The molecular weight excluding hydrogens is 549 g/mol. The number of ether oxygens (including phenoxy) is 1. The first kappa shape index (κ1) is 39.0. The summed E-state index contributed by atoms with van der Waals surface area (Å²) in [6.45, 7) is 35.1. The van der Waals surface area contributed by atoms with Gasteiger partial charge in [0.1, 0.15) is 0 Å². The molecule has 2 aliphatic rings. The Hall–Kier alpha value is 0.960. The minimum Gasteiger partial charge on any atom is -0.675 e. The maximum Gasteiger partial charge on any atom is 2.00 e. The van der Waals surface area contributed by atoms with Gasteiger partial charge in [0.15, 0.2) is 0 Å². The summed E-state index contributed by atoms with van der Waals surface area (Å²) in [6.07, 6.45) is 9.23. The average Bonchev–Trinajstić information content (AvgIpc) is 3.30. The van der Waals surface area contributed by atoms with Crippen molar-refractivity contribution in [3.05, 3.63) is 38.7 Å². The van der Waals surface area contributed by atoms with E-state index < -0.39 is 30.5 Å². The van der Waals surface area contributed by atoms with Gasteiger partial charge in [-0.05, 0) is 35.5 Å². The normalized spacial score (nSPS) is 18.7. The molecule has 0 N–H and O–H groups in total. The van der Waals surface area contributed by atoms with Crippen LogP contribution >= 0.6 is 14.1 Å². The predicted octanol–water partition coefficient (Wildman–Crippen LogP) is 10.1. The van der Waals surface area contributed by atoms with Crippen LogP contribution in [0.4, 0.5) is 0 Å². The van der Waals surface area contributed by atoms with Crippen molar-refractivity contribution in [3.63, 3.8) is 0 Å². The fourth-order valence-corrected chi connectivity index (χ4v) is 22.5. The quantitative estimate of drug-likeness (QED) is 0.180. The van der Waals surface area contributed by atoms with E-state index in [1.165, 1.54) is 12.8 Å². The maximum atomic E-state index is 5.60. The van der Waals surface area contributed by atoms with Gasteiger partial charge in [-0.2, -0.15) is 7.04 Å². The standard InChI is InChI=1S/C25H52N3P2Si2.C4H8O.Mg/c1-20(2)29(21(3)4,27-31(9,10)11)18-24-16-15-17-25(26-24)19-30(22(5)6,23(7)8)28-32(12,13)14;1-2-4-5-3-1;/h15-24H,1-14H3;1-4H2;/q-3;;+2. The number of nitrogens with zero attached hydrogens (tertiary/aromatic N) is 3. The molecule has 9 heteroatoms. The van der Waals surface area contributed by atoms with Gasteiger partial charge in [-0.3, -0.25) is 0 Å². The predicted molar refractivity (Wildman–Crippen MR) is 190 cm³/mol. The monoisotopic (exact) mass is 608 g/mol. The zero-order valence-corrected chi connectivity index (χ0v) is 32.7. The molecule has 218 valence electrons. The molecule has 0 spiro atoms. The number of rotatable bonds is 10. The van der Waals surface area contributed by atoms with Gasteiger partial charge >= 0.3 is 23.1 Å². The molecule has 0 bridgehead atoms. The van der Waals surface area contributed by atoms with Gasteiger partial charge in [0.05, 0.1) is 0 Å². The van der Waals surface area contributed by atoms with E-state index >= 15 is 0 Å². The fraction of sp³-hybridized carbons (Fsp3) is 0.793. The van der Waals surface area contributed by atoms with Crippen molar-refractivity contribution in [2.75, 3.05) is 13.2 Å². The average molecular weight is 609 g/mol. The van der Waals surface area contributed by atoms with Crippen LogP contribution in [0.25, 0.3) is 14.8 Å². The number of hydrogen-bond acceptors (Lipinski definition) is 1. The Morgan fingerprint density at radius 3 is 1.55 bits per heavy atom. The van der Waals surface area contributed by atoms with Gasteiger partial charge < -0.3 is 19.6 Å². The third kappa shape index (κ3) is 12.4. The molecule has 0 aromatic carbocycles. The Balaban J connectivity index is 0.00000203. The maximum absolute atomic E-state index is 5.60. The molecule has 2 rings (SSSR count). The van der Waals surface area contributed by atoms with E-state index in [1.807, 2.05) is 0 Å². The van der Waals surface area contributed by atoms with E-state index in [9.17, 15) is 0 Å². The zero-order valence-electron chi connectivity index (χ0n) is 27.5. The van der Waals surface area contributed by atoms with Crippen LogP contribution in [-0.2, 0) is 4.74 Å². The van der Waals surface area contributed by atoms with E-state index in [0.717, 1.165) is 18.9 Å². The number of hydrogen-bond donors (Lipinski definition) is 0. The van der Waals surface area contributed by atoms with Crippen LogP contribution in [0.15, 0.2) is 23.9 Å². The molecule has 0 aromatic heterocycles. The molecule has 1 unspecified atom stereocenters. The van der Waals surface area contributed by atoms with E-state index in [1.54, 1.807) is 0 Å². The molecule has 2 heterocycles. The smallest absolute Gasteiger partial charge is 0.675 e. The van der Waals surface area contributed by atoms with Gasteiger partial charge in [0.25, 0.3) is 0 Å². The first-order valence-electron chi connectivity index (χ1n) is 14.5. The van der Waals surface area contributed by atoms with Gasteiger partial charge in [0.2, 0.25) is 0 Å². The third-order valence-electron chi connectivity index (χ3n) is 6.69. The van der Waals surface area contributed by atoms with Crippen molar-refractivity contribution in [2.45, 2.75) is 136 Å². The molecule has 0 radical (unpaired) electrons. The molecule has 38 heavy (non-hydrogen) atoms. The van der Waals surface area contributed by atoms with Crippen LogP contribution in [0.1, 0.15) is 68.2 Å². The minimum absolute atomic E-state index is 0. The van der Waals surface area contributed by atoms with E-state index in [4.69, 9.17) is 19.6 Å². The van der Waals surface area contributed by atoms with Crippen molar-refractivity contribution in [1.29, 1.82) is 0 Å². The van der Waals surface area contributed by atoms with Crippen LogP contribution in [0.5, 0.6) is 0 Å². The van der Waals surface area contributed by atoms with Gasteiger partial charge in [-0.15, -0.1) is 11.5 Å². The van der Waals surface area contributed by atoms with Crippen LogP contribution in [0.2, 0.25) is 39.3 Å². The Labute approximate surface area is 256 Å². The minimum atomic E-state index is -1.63. The van der Waals surface area contributed by atoms with Crippen LogP contribution in [0, 0.1) is 0 Å². The molecule has 1 fully saturated rings. The Kier molecular flexibility index (Phi) is 17.0. The molecule has 0 aliphatic carbocycles. The van der Waals surface area contributed by atoms with Crippen LogP contribution in [0.3, 0.4) is 0 Å². The summed E-state index contributed by atoms with van der Waals surface area (Å²) in [5, 5.41) is 5.27. The van der Waals surface area contributed by atoms with Gasteiger partial charge in [-0.1, -0.05) is 141 Å². The fourth-order valence-electron chi connectivity index (χ4n) is 5.05. The summed E-state index contributed by atoms with van der Waals surface area (Å²) in [5.74, 6) is 5.05. The third-order valence-corrected chi connectivity index (χ3v) is 22.3. The first-order valence-corrected chi connectivity index (χ1v) is 25.3. The second-order valence-electron chi connectivity index (χ2n) is 13.7. The molecule has 2 aliphatic heterocycles. The summed E-state index contributed by atoms with van der Waals surface area (Å²) in [4.78, 5) is 0. The molecule has 1 atom stereocenters. The largest absolute Gasteiger partial charge is 2.00 e. The second kappa shape index (κ2) is 16.6. The molecule has 0 amide bonds. The summed E-state index contributed by atoms with van der Waals surface area (Å²) < 4.78 is 16.1. The van der Waals surface area contributed by atoms with Crippen LogP contribution < -0.4 is 0 Å². The first-order chi connectivity index (χ1) is 16.8. The van der Waals surface area contributed by atoms with Crippen molar-refractivity contribution < 1.29 is 4.74 Å². The second-order valence-corrected chi connectivity index (χ2v) is 31.8. The Morgan fingerprint density at radius 2 is 1.21 bits per heavy atom.